The molecule has 0 saturated heterocycles. The second kappa shape index (κ2) is 6.78. The quantitative estimate of drug-likeness (QED) is 0.809. The summed E-state index contributed by atoms with van der Waals surface area (Å²) in [7, 11) is 0. The molecule has 5 nitrogen and oxygen atoms in total. The third-order valence-electron chi connectivity index (χ3n) is 3.69. The van der Waals surface area contributed by atoms with Crippen LogP contribution in [0.4, 0.5) is 5.69 Å². The van der Waals surface area contributed by atoms with E-state index in [1.807, 2.05) is 6.92 Å². The molecule has 0 aliphatic carbocycles. The van der Waals surface area contributed by atoms with Crippen molar-refractivity contribution in [1.82, 2.24) is 0 Å². The van der Waals surface area contributed by atoms with Crippen molar-refractivity contribution in [2.75, 3.05) is 11.5 Å². The van der Waals surface area contributed by atoms with Crippen LogP contribution in [0.2, 0.25) is 10.0 Å². The van der Waals surface area contributed by atoms with E-state index in [0.717, 1.165) is 4.90 Å². The summed E-state index contributed by atoms with van der Waals surface area (Å²) in [6.45, 7) is 2.36. The SMILES string of the molecule is CCOc1ccc(C2=C(O)C(=O)N(c3cccc(Cl)c3Cl)C2=O)cc1. The van der Waals surface area contributed by atoms with Crippen LogP contribution in [0.25, 0.3) is 5.57 Å². The van der Waals surface area contributed by atoms with Gasteiger partial charge in [-0.25, -0.2) is 4.90 Å². The van der Waals surface area contributed by atoms with E-state index in [1.165, 1.54) is 6.07 Å². The molecule has 7 heteroatoms. The number of nitrogens with zero attached hydrogens (tertiary/aromatic N) is 1. The number of amides is 2. The number of imide groups is 1. The number of aliphatic hydroxyl groups is 1. The van der Waals surface area contributed by atoms with Gasteiger partial charge in [-0.2, -0.15) is 0 Å². The Labute approximate surface area is 154 Å². The van der Waals surface area contributed by atoms with Gasteiger partial charge in [0.2, 0.25) is 0 Å². The Hall–Kier alpha value is -2.50. The Balaban J connectivity index is 2.01. The molecule has 128 valence electrons. The Kier molecular flexibility index (Phi) is 4.70. The van der Waals surface area contributed by atoms with E-state index in [1.54, 1.807) is 36.4 Å². The lowest BCUT2D eigenvalue weighted by molar-refractivity contribution is -0.121. The first-order chi connectivity index (χ1) is 12.0. The predicted octanol–water partition coefficient (Wildman–Crippen LogP) is 4.23. The first-order valence-electron chi connectivity index (χ1n) is 7.45. The standard InChI is InChI=1S/C18H13Cl2NO4/c1-2-25-11-8-6-10(7-9-11)14-16(22)18(24)21(17(14)23)13-5-3-4-12(19)15(13)20/h3-9,22H,2H2,1H3. The van der Waals surface area contributed by atoms with E-state index in [2.05, 4.69) is 0 Å². The van der Waals surface area contributed by atoms with Crippen LogP contribution in [0.3, 0.4) is 0 Å². The van der Waals surface area contributed by atoms with Crippen LogP contribution in [0.1, 0.15) is 12.5 Å². The molecule has 0 fully saturated rings. The van der Waals surface area contributed by atoms with E-state index >= 15 is 0 Å². The van der Waals surface area contributed by atoms with E-state index in [-0.39, 0.29) is 21.3 Å². The van der Waals surface area contributed by atoms with E-state index in [4.69, 9.17) is 27.9 Å². The highest BCUT2D eigenvalue weighted by atomic mass is 35.5. The minimum atomic E-state index is -0.849. The van der Waals surface area contributed by atoms with Crippen LogP contribution in [0.15, 0.2) is 48.2 Å². The third-order valence-corrected chi connectivity index (χ3v) is 4.49. The molecule has 0 aromatic heterocycles. The number of ether oxygens (including phenoxy) is 1. The topological polar surface area (TPSA) is 66.8 Å². The van der Waals surface area contributed by atoms with Gasteiger partial charge in [-0.05, 0) is 36.8 Å². The highest BCUT2D eigenvalue weighted by Gasteiger charge is 2.41. The van der Waals surface area contributed by atoms with Gasteiger partial charge >= 0.3 is 5.91 Å². The van der Waals surface area contributed by atoms with E-state index in [0.29, 0.717) is 17.9 Å². The summed E-state index contributed by atoms with van der Waals surface area (Å²) in [4.78, 5) is 26.0. The largest absolute Gasteiger partial charge is 0.502 e. The van der Waals surface area contributed by atoms with Crippen LogP contribution < -0.4 is 9.64 Å². The molecular formula is C18H13Cl2NO4. The maximum atomic E-state index is 12.8. The van der Waals surface area contributed by atoms with Crippen molar-refractivity contribution >= 4 is 46.3 Å². The minimum absolute atomic E-state index is 0.0617. The summed E-state index contributed by atoms with van der Waals surface area (Å²) in [5.41, 5.74) is 0.431. The lowest BCUT2D eigenvalue weighted by atomic mass is 10.1. The molecule has 0 radical (unpaired) electrons. The summed E-state index contributed by atoms with van der Waals surface area (Å²) in [5.74, 6) is -1.53. The summed E-state index contributed by atoms with van der Waals surface area (Å²) < 4.78 is 5.34. The maximum Gasteiger partial charge on any atom is 0.301 e. The van der Waals surface area contributed by atoms with Crippen molar-refractivity contribution in [3.63, 3.8) is 0 Å². The average Bonchev–Trinajstić information content (AvgIpc) is 2.81. The molecule has 1 aliphatic heterocycles. The molecule has 0 bridgehead atoms. The second-order valence-corrected chi connectivity index (χ2v) is 5.98. The normalized spacial score (nSPS) is 14.4. The van der Waals surface area contributed by atoms with Gasteiger partial charge in [-0.1, -0.05) is 41.4 Å². The van der Waals surface area contributed by atoms with Crippen LogP contribution in [0.5, 0.6) is 5.75 Å². The second-order valence-electron chi connectivity index (χ2n) is 5.20. The van der Waals surface area contributed by atoms with Gasteiger partial charge in [0.25, 0.3) is 5.91 Å². The Bertz CT molecular complexity index is 890. The zero-order valence-electron chi connectivity index (χ0n) is 13.1. The first kappa shape index (κ1) is 17.3. The van der Waals surface area contributed by atoms with Crippen molar-refractivity contribution in [2.24, 2.45) is 0 Å². The van der Waals surface area contributed by atoms with Gasteiger partial charge in [0.05, 0.1) is 27.9 Å². The van der Waals surface area contributed by atoms with Crippen LogP contribution in [0, 0.1) is 0 Å². The molecule has 1 heterocycles. The number of rotatable bonds is 4. The molecule has 0 unspecified atom stereocenters. The van der Waals surface area contributed by atoms with Crippen molar-refractivity contribution in [3.8, 4) is 5.75 Å². The average molecular weight is 378 g/mol. The van der Waals surface area contributed by atoms with Gasteiger partial charge in [0.15, 0.2) is 5.76 Å². The smallest absolute Gasteiger partial charge is 0.301 e. The molecule has 2 aromatic carbocycles. The zero-order chi connectivity index (χ0) is 18.1. The Morgan fingerprint density at radius 2 is 1.72 bits per heavy atom. The monoisotopic (exact) mass is 377 g/mol. The number of anilines is 1. The highest BCUT2D eigenvalue weighted by Crippen LogP contribution is 2.38. The van der Waals surface area contributed by atoms with Crippen LogP contribution >= 0.6 is 23.2 Å². The Morgan fingerprint density at radius 1 is 1.04 bits per heavy atom. The van der Waals surface area contributed by atoms with E-state index in [9.17, 15) is 14.7 Å². The van der Waals surface area contributed by atoms with Crippen molar-refractivity contribution in [2.45, 2.75) is 6.92 Å². The molecule has 0 atom stereocenters. The lowest BCUT2D eigenvalue weighted by Gasteiger charge is -2.16. The number of hydrogen-bond acceptors (Lipinski definition) is 4. The zero-order valence-corrected chi connectivity index (χ0v) is 14.6. The molecule has 0 saturated carbocycles. The fraction of sp³-hybridized carbons (Fsp3) is 0.111. The molecular weight excluding hydrogens is 365 g/mol. The first-order valence-corrected chi connectivity index (χ1v) is 8.20. The summed E-state index contributed by atoms with van der Waals surface area (Å²) in [5, 5.41) is 10.5. The van der Waals surface area contributed by atoms with Crippen molar-refractivity contribution in [3.05, 3.63) is 63.8 Å². The molecule has 0 spiro atoms. The number of carbonyl (C=O) groups is 2. The third kappa shape index (κ3) is 2.97. The van der Waals surface area contributed by atoms with Crippen LogP contribution in [-0.2, 0) is 9.59 Å². The fourth-order valence-corrected chi connectivity index (χ4v) is 2.93. The van der Waals surface area contributed by atoms with Crippen molar-refractivity contribution in [1.29, 1.82) is 0 Å². The number of halogens is 2. The van der Waals surface area contributed by atoms with Gasteiger partial charge in [-0.3, -0.25) is 9.59 Å². The van der Waals surface area contributed by atoms with Crippen LogP contribution in [-0.4, -0.2) is 23.5 Å². The van der Waals surface area contributed by atoms with Crippen molar-refractivity contribution < 1.29 is 19.4 Å². The molecule has 2 aromatic rings. The fourth-order valence-electron chi connectivity index (χ4n) is 2.55. The van der Waals surface area contributed by atoms with Gasteiger partial charge in [-0.15, -0.1) is 0 Å². The number of benzene rings is 2. The summed E-state index contributed by atoms with van der Waals surface area (Å²) >= 11 is 12.1. The van der Waals surface area contributed by atoms with E-state index < -0.39 is 17.6 Å². The van der Waals surface area contributed by atoms with Gasteiger partial charge < -0.3 is 9.84 Å². The number of hydrogen-bond donors (Lipinski definition) is 1. The molecule has 2 amide bonds. The molecule has 1 aliphatic rings. The maximum absolute atomic E-state index is 12.8. The molecule has 3 rings (SSSR count). The summed E-state index contributed by atoms with van der Waals surface area (Å²) in [6.07, 6.45) is 0. The highest BCUT2D eigenvalue weighted by molar-refractivity contribution is 6.49. The van der Waals surface area contributed by atoms with Gasteiger partial charge in [0.1, 0.15) is 5.75 Å². The molecule has 25 heavy (non-hydrogen) atoms. The lowest BCUT2D eigenvalue weighted by Crippen LogP contribution is -2.31. The number of carbonyl (C=O) groups excluding carboxylic acids is 2. The van der Waals surface area contributed by atoms with Gasteiger partial charge in [0, 0.05) is 0 Å². The minimum Gasteiger partial charge on any atom is -0.502 e. The summed E-state index contributed by atoms with van der Waals surface area (Å²) in [6, 6.07) is 11.1. The number of aliphatic hydroxyl groups excluding tert-OH is 1. The molecule has 1 N–H and O–H groups in total. The Morgan fingerprint density at radius 3 is 2.36 bits per heavy atom. The predicted molar refractivity (Wildman–Crippen MR) is 96.1 cm³/mol.